The highest BCUT2D eigenvalue weighted by Gasteiger charge is 2.18. The molecule has 0 atom stereocenters. The molecule has 2 rings (SSSR count). The van der Waals surface area contributed by atoms with Crippen LogP contribution in [0.25, 0.3) is 0 Å². The van der Waals surface area contributed by atoms with E-state index in [4.69, 9.17) is 16.7 Å². The molecule has 0 bridgehead atoms. The van der Waals surface area contributed by atoms with Gasteiger partial charge < -0.3 is 5.11 Å². The first-order valence-electron chi connectivity index (χ1n) is 5.95. The van der Waals surface area contributed by atoms with Gasteiger partial charge in [-0.2, -0.15) is 5.10 Å². The number of hydrogen-bond donors (Lipinski definition) is 2. The Morgan fingerprint density at radius 1 is 1.48 bits per heavy atom. The minimum absolute atomic E-state index is 0.0135. The Labute approximate surface area is 135 Å². The molecule has 0 radical (unpaired) electrons. The number of sulfonamides is 1. The van der Waals surface area contributed by atoms with Crippen LogP contribution in [0, 0.1) is 6.92 Å². The molecule has 1 aromatic heterocycles. The largest absolute Gasteiger partial charge is 0.394 e. The van der Waals surface area contributed by atoms with E-state index >= 15 is 0 Å². The highest BCUT2D eigenvalue weighted by Crippen LogP contribution is 2.30. The van der Waals surface area contributed by atoms with Crippen molar-refractivity contribution in [2.24, 2.45) is 0 Å². The van der Waals surface area contributed by atoms with Gasteiger partial charge in [0.25, 0.3) is 10.0 Å². The Morgan fingerprint density at radius 3 is 2.86 bits per heavy atom. The van der Waals surface area contributed by atoms with Gasteiger partial charge in [0.2, 0.25) is 0 Å². The van der Waals surface area contributed by atoms with Crippen molar-refractivity contribution < 1.29 is 13.5 Å². The fourth-order valence-corrected chi connectivity index (χ4v) is 3.51. The van der Waals surface area contributed by atoms with Gasteiger partial charge in [0.05, 0.1) is 25.0 Å². The molecule has 0 unspecified atom stereocenters. The van der Waals surface area contributed by atoms with Crippen molar-refractivity contribution in [3.8, 4) is 0 Å². The lowest BCUT2D eigenvalue weighted by Gasteiger charge is -2.10. The molecular weight excluding hydrogens is 382 g/mol. The van der Waals surface area contributed by atoms with E-state index < -0.39 is 10.0 Å². The summed E-state index contributed by atoms with van der Waals surface area (Å²) < 4.78 is 29.0. The van der Waals surface area contributed by atoms with Crippen LogP contribution in [0.2, 0.25) is 5.02 Å². The van der Waals surface area contributed by atoms with Gasteiger partial charge in [0, 0.05) is 15.7 Å². The van der Waals surface area contributed by atoms with Gasteiger partial charge in [-0.15, -0.1) is 0 Å². The smallest absolute Gasteiger partial charge is 0.265 e. The molecule has 0 aliphatic heterocycles. The molecule has 9 heteroatoms. The van der Waals surface area contributed by atoms with Crippen molar-refractivity contribution in [3.05, 3.63) is 39.6 Å². The molecule has 0 amide bonds. The van der Waals surface area contributed by atoms with Crippen LogP contribution in [0.5, 0.6) is 0 Å². The topological polar surface area (TPSA) is 84.2 Å². The van der Waals surface area contributed by atoms with Crippen molar-refractivity contribution in [1.82, 2.24) is 9.78 Å². The summed E-state index contributed by atoms with van der Waals surface area (Å²) in [4.78, 5) is 0.0135. The number of rotatable bonds is 5. The van der Waals surface area contributed by atoms with Crippen LogP contribution in [0.15, 0.2) is 33.9 Å². The Bertz CT molecular complexity index is 761. The Hall–Kier alpha value is -1.09. The number of nitrogens with one attached hydrogen (secondary N) is 1. The van der Waals surface area contributed by atoms with E-state index in [9.17, 15) is 8.42 Å². The molecule has 2 aromatic rings. The second kappa shape index (κ2) is 6.35. The highest BCUT2D eigenvalue weighted by molar-refractivity contribution is 9.10. The second-order valence-corrected chi connectivity index (χ2v) is 7.29. The Balaban J connectivity index is 2.30. The molecule has 0 saturated carbocycles. The van der Waals surface area contributed by atoms with Gasteiger partial charge in [-0.1, -0.05) is 11.6 Å². The summed E-state index contributed by atoms with van der Waals surface area (Å²) in [6.45, 7) is 1.94. The number of aromatic nitrogens is 2. The predicted molar refractivity (Wildman–Crippen MR) is 84.0 cm³/mol. The summed E-state index contributed by atoms with van der Waals surface area (Å²) in [6, 6.07) is 3.27. The number of anilines is 1. The summed E-state index contributed by atoms with van der Waals surface area (Å²) in [7, 11) is -3.77. The Morgan fingerprint density at radius 2 is 2.19 bits per heavy atom. The molecule has 1 heterocycles. The molecule has 1 aromatic carbocycles. The number of hydrogen-bond acceptors (Lipinski definition) is 4. The number of aryl methyl sites for hydroxylation is 1. The summed E-state index contributed by atoms with van der Waals surface area (Å²) in [5, 5.41) is 13.1. The minimum Gasteiger partial charge on any atom is -0.394 e. The maximum Gasteiger partial charge on any atom is 0.265 e. The van der Waals surface area contributed by atoms with Gasteiger partial charge in [0.1, 0.15) is 4.90 Å². The molecule has 2 N–H and O–H groups in total. The van der Waals surface area contributed by atoms with Crippen LogP contribution in [-0.4, -0.2) is 29.9 Å². The maximum atomic E-state index is 12.3. The fraction of sp³-hybridized carbons (Fsp3) is 0.250. The predicted octanol–water partition coefficient (Wildman–Crippen LogP) is 2.40. The SMILES string of the molecule is Cc1cc(Br)c(NS(=O)(=O)c2cnn(CCO)c2)cc1Cl. The van der Waals surface area contributed by atoms with Crippen LogP contribution in [-0.2, 0) is 16.6 Å². The standard InChI is InChI=1S/C12H13BrClN3O3S/c1-8-4-10(13)12(5-11(8)14)16-21(19,20)9-6-15-17(7-9)2-3-18/h4-7,16,18H,2-3H2,1H3. The molecule has 0 aliphatic rings. The van der Waals surface area contributed by atoms with Gasteiger partial charge in [-0.3, -0.25) is 9.40 Å². The summed E-state index contributed by atoms with van der Waals surface area (Å²) >= 11 is 9.30. The van der Waals surface area contributed by atoms with E-state index in [1.165, 1.54) is 23.1 Å². The molecular formula is C12H13BrClN3O3S. The zero-order valence-electron chi connectivity index (χ0n) is 11.0. The van der Waals surface area contributed by atoms with Crippen molar-refractivity contribution in [3.63, 3.8) is 0 Å². The number of aliphatic hydroxyl groups is 1. The lowest BCUT2D eigenvalue weighted by molar-refractivity contribution is 0.269. The van der Waals surface area contributed by atoms with Crippen LogP contribution >= 0.6 is 27.5 Å². The van der Waals surface area contributed by atoms with E-state index in [0.717, 1.165) is 5.56 Å². The monoisotopic (exact) mass is 393 g/mol. The van der Waals surface area contributed by atoms with E-state index in [2.05, 4.69) is 25.8 Å². The van der Waals surface area contributed by atoms with Gasteiger partial charge in [-0.05, 0) is 40.5 Å². The third kappa shape index (κ3) is 3.76. The van der Waals surface area contributed by atoms with Crippen LogP contribution in [0.1, 0.15) is 5.56 Å². The van der Waals surface area contributed by atoms with Crippen LogP contribution in [0.4, 0.5) is 5.69 Å². The zero-order valence-corrected chi connectivity index (χ0v) is 14.2. The van der Waals surface area contributed by atoms with Gasteiger partial charge in [-0.25, -0.2) is 8.42 Å². The average Bonchev–Trinajstić information content (AvgIpc) is 2.86. The molecule has 114 valence electrons. The first-order chi connectivity index (χ1) is 9.83. The summed E-state index contributed by atoms with van der Waals surface area (Å²) in [6.07, 6.45) is 2.57. The van der Waals surface area contributed by atoms with E-state index in [1.54, 1.807) is 6.07 Å². The molecule has 21 heavy (non-hydrogen) atoms. The van der Waals surface area contributed by atoms with E-state index in [-0.39, 0.29) is 18.0 Å². The third-order valence-corrected chi connectivity index (χ3v) is 5.12. The number of aliphatic hydroxyl groups excluding tert-OH is 1. The van der Waals surface area contributed by atoms with Crippen LogP contribution < -0.4 is 4.72 Å². The number of benzene rings is 1. The van der Waals surface area contributed by atoms with Gasteiger partial charge in [0.15, 0.2) is 0 Å². The van der Waals surface area contributed by atoms with Crippen molar-refractivity contribution in [2.75, 3.05) is 11.3 Å². The molecule has 0 aliphatic carbocycles. The zero-order chi connectivity index (χ0) is 15.6. The van der Waals surface area contributed by atoms with E-state index in [1.807, 2.05) is 6.92 Å². The van der Waals surface area contributed by atoms with E-state index in [0.29, 0.717) is 15.2 Å². The van der Waals surface area contributed by atoms with Gasteiger partial charge >= 0.3 is 0 Å². The van der Waals surface area contributed by atoms with Crippen LogP contribution in [0.3, 0.4) is 0 Å². The molecule has 6 nitrogen and oxygen atoms in total. The first kappa shape index (κ1) is 16.3. The second-order valence-electron chi connectivity index (χ2n) is 4.35. The number of halogens is 2. The normalized spacial score (nSPS) is 11.6. The lowest BCUT2D eigenvalue weighted by atomic mass is 10.2. The average molecular weight is 395 g/mol. The maximum absolute atomic E-state index is 12.3. The minimum atomic E-state index is -3.77. The molecule has 0 fully saturated rings. The third-order valence-electron chi connectivity index (χ3n) is 2.74. The van der Waals surface area contributed by atoms with Crippen molar-refractivity contribution in [1.29, 1.82) is 0 Å². The lowest BCUT2D eigenvalue weighted by Crippen LogP contribution is -2.13. The number of nitrogens with zero attached hydrogens (tertiary/aromatic N) is 2. The summed E-state index contributed by atoms with van der Waals surface area (Å²) in [5.41, 5.74) is 1.18. The molecule has 0 spiro atoms. The fourth-order valence-electron chi connectivity index (χ4n) is 1.64. The highest BCUT2D eigenvalue weighted by atomic mass is 79.9. The first-order valence-corrected chi connectivity index (χ1v) is 8.60. The molecule has 0 saturated heterocycles. The quantitative estimate of drug-likeness (QED) is 0.815. The summed E-state index contributed by atoms with van der Waals surface area (Å²) in [5.74, 6) is 0. The van der Waals surface area contributed by atoms with Crippen molar-refractivity contribution in [2.45, 2.75) is 18.4 Å². The Kier molecular flexibility index (Phi) is 4.92. The van der Waals surface area contributed by atoms with Crippen molar-refractivity contribution >= 4 is 43.2 Å².